The summed E-state index contributed by atoms with van der Waals surface area (Å²) in [6.07, 6.45) is 2.38. The van der Waals surface area contributed by atoms with Crippen LogP contribution in [0, 0.1) is 0 Å². The molecule has 0 spiro atoms. The number of carbonyl (C=O) groups is 1. The minimum atomic E-state index is -0.143. The highest BCUT2D eigenvalue weighted by atomic mass is 16.5. The Balaban J connectivity index is 2.01. The van der Waals surface area contributed by atoms with Crippen molar-refractivity contribution in [3.63, 3.8) is 0 Å². The molecule has 0 bridgehead atoms. The first-order chi connectivity index (χ1) is 11.8. The number of likely N-dealkylation sites (tertiary alicyclic amines) is 1. The van der Waals surface area contributed by atoms with E-state index >= 15 is 0 Å². The zero-order valence-electron chi connectivity index (χ0n) is 14.2. The SMILES string of the molecule is CCCO[C@H](c1ccccc1)[C@H](c1ccccc1)N1CCCC1=O. The molecule has 2 atom stereocenters. The average Bonchev–Trinajstić information content (AvgIpc) is 3.05. The molecule has 24 heavy (non-hydrogen) atoms. The van der Waals surface area contributed by atoms with Gasteiger partial charge < -0.3 is 9.64 Å². The fourth-order valence-corrected chi connectivity index (χ4v) is 3.39. The summed E-state index contributed by atoms with van der Waals surface area (Å²) < 4.78 is 6.26. The molecule has 2 aromatic carbocycles. The van der Waals surface area contributed by atoms with Crippen LogP contribution in [0.4, 0.5) is 0 Å². The molecule has 0 radical (unpaired) electrons. The third kappa shape index (κ3) is 3.68. The van der Waals surface area contributed by atoms with E-state index in [9.17, 15) is 4.79 Å². The van der Waals surface area contributed by atoms with Crippen LogP contribution in [0.15, 0.2) is 60.7 Å². The zero-order valence-corrected chi connectivity index (χ0v) is 14.2. The van der Waals surface area contributed by atoms with E-state index in [1.165, 1.54) is 0 Å². The molecule has 0 unspecified atom stereocenters. The van der Waals surface area contributed by atoms with Gasteiger partial charge in [-0.15, -0.1) is 0 Å². The molecule has 126 valence electrons. The number of benzene rings is 2. The second-order valence-electron chi connectivity index (χ2n) is 6.25. The van der Waals surface area contributed by atoms with Crippen molar-refractivity contribution >= 4 is 5.91 Å². The molecule has 1 heterocycles. The van der Waals surface area contributed by atoms with Crippen LogP contribution in [0.1, 0.15) is 49.5 Å². The van der Waals surface area contributed by atoms with Gasteiger partial charge in [0.1, 0.15) is 6.10 Å². The Morgan fingerprint density at radius 2 is 1.62 bits per heavy atom. The fraction of sp³-hybridized carbons (Fsp3) is 0.381. The lowest BCUT2D eigenvalue weighted by Crippen LogP contribution is -2.35. The maximum Gasteiger partial charge on any atom is 0.223 e. The maximum atomic E-state index is 12.5. The number of nitrogens with zero attached hydrogens (tertiary/aromatic N) is 1. The quantitative estimate of drug-likeness (QED) is 0.750. The van der Waals surface area contributed by atoms with Gasteiger partial charge in [-0.3, -0.25) is 4.79 Å². The molecule has 1 saturated heterocycles. The predicted octanol–water partition coefficient (Wildman–Crippen LogP) is 4.52. The molecule has 0 aromatic heterocycles. The minimum Gasteiger partial charge on any atom is -0.371 e. The topological polar surface area (TPSA) is 29.5 Å². The van der Waals surface area contributed by atoms with E-state index in [4.69, 9.17) is 4.74 Å². The van der Waals surface area contributed by atoms with E-state index in [1.807, 2.05) is 41.3 Å². The molecule has 3 nitrogen and oxygen atoms in total. The van der Waals surface area contributed by atoms with E-state index in [2.05, 4.69) is 31.2 Å². The third-order valence-corrected chi connectivity index (χ3v) is 4.50. The molecule has 0 saturated carbocycles. The van der Waals surface area contributed by atoms with Crippen molar-refractivity contribution < 1.29 is 9.53 Å². The van der Waals surface area contributed by atoms with Crippen LogP contribution in [0.5, 0.6) is 0 Å². The standard InChI is InChI=1S/C21H25NO2/c1-2-16-24-21(18-12-7-4-8-13-18)20(17-10-5-3-6-11-17)22-15-9-14-19(22)23/h3-8,10-13,20-21H,2,9,14-16H2,1H3/t20-,21+/m0/s1. The van der Waals surface area contributed by atoms with Crippen molar-refractivity contribution in [1.29, 1.82) is 0 Å². The largest absolute Gasteiger partial charge is 0.371 e. The summed E-state index contributed by atoms with van der Waals surface area (Å²) in [5.74, 6) is 0.227. The summed E-state index contributed by atoms with van der Waals surface area (Å²) in [6, 6.07) is 20.5. The van der Waals surface area contributed by atoms with Gasteiger partial charge in [-0.05, 0) is 24.0 Å². The summed E-state index contributed by atoms with van der Waals surface area (Å²) in [4.78, 5) is 14.5. The van der Waals surface area contributed by atoms with E-state index < -0.39 is 0 Å². The fourth-order valence-electron chi connectivity index (χ4n) is 3.39. The van der Waals surface area contributed by atoms with Gasteiger partial charge in [0.2, 0.25) is 5.91 Å². The lowest BCUT2D eigenvalue weighted by molar-refractivity contribution is -0.133. The van der Waals surface area contributed by atoms with Gasteiger partial charge in [0.15, 0.2) is 0 Å². The van der Waals surface area contributed by atoms with E-state index in [0.717, 1.165) is 30.5 Å². The van der Waals surface area contributed by atoms with Gasteiger partial charge in [-0.1, -0.05) is 67.6 Å². The molecule has 2 aromatic rings. The molecule has 0 N–H and O–H groups in total. The maximum absolute atomic E-state index is 12.5. The van der Waals surface area contributed by atoms with Crippen molar-refractivity contribution in [3.8, 4) is 0 Å². The predicted molar refractivity (Wildman–Crippen MR) is 95.6 cm³/mol. The van der Waals surface area contributed by atoms with Crippen LogP contribution in [0.25, 0.3) is 0 Å². The monoisotopic (exact) mass is 323 g/mol. The van der Waals surface area contributed by atoms with Crippen LogP contribution in [-0.2, 0) is 9.53 Å². The molecule has 3 rings (SSSR count). The van der Waals surface area contributed by atoms with Gasteiger partial charge >= 0.3 is 0 Å². The highest BCUT2D eigenvalue weighted by Crippen LogP contribution is 2.39. The number of carbonyl (C=O) groups excluding carboxylic acids is 1. The number of amides is 1. The molecular formula is C21H25NO2. The summed E-state index contributed by atoms with van der Waals surface area (Å²) in [5, 5.41) is 0. The molecule has 3 heteroatoms. The van der Waals surface area contributed by atoms with E-state index in [-0.39, 0.29) is 18.1 Å². The van der Waals surface area contributed by atoms with Crippen LogP contribution in [-0.4, -0.2) is 24.0 Å². The molecule has 1 aliphatic rings. The number of rotatable bonds is 7. The third-order valence-electron chi connectivity index (χ3n) is 4.50. The van der Waals surface area contributed by atoms with Crippen LogP contribution in [0.2, 0.25) is 0 Å². The first-order valence-corrected chi connectivity index (χ1v) is 8.82. The van der Waals surface area contributed by atoms with Gasteiger partial charge in [-0.25, -0.2) is 0 Å². The van der Waals surface area contributed by atoms with Crippen LogP contribution in [0.3, 0.4) is 0 Å². The normalized spacial score (nSPS) is 17.0. The van der Waals surface area contributed by atoms with Crippen molar-refractivity contribution in [1.82, 2.24) is 4.90 Å². The molecule has 1 amide bonds. The highest BCUT2D eigenvalue weighted by Gasteiger charge is 2.36. The highest BCUT2D eigenvalue weighted by molar-refractivity contribution is 5.78. The van der Waals surface area contributed by atoms with Gasteiger partial charge in [0, 0.05) is 19.6 Å². The van der Waals surface area contributed by atoms with E-state index in [0.29, 0.717) is 13.0 Å². The Kier molecular flexibility index (Phi) is 5.65. The molecule has 1 aliphatic heterocycles. The van der Waals surface area contributed by atoms with Crippen molar-refractivity contribution in [3.05, 3.63) is 71.8 Å². The lowest BCUT2D eigenvalue weighted by atomic mass is 9.94. The second kappa shape index (κ2) is 8.11. The van der Waals surface area contributed by atoms with Gasteiger partial charge in [0.05, 0.1) is 6.04 Å². The Bertz CT molecular complexity index is 641. The Morgan fingerprint density at radius 3 is 2.17 bits per heavy atom. The minimum absolute atomic E-state index is 0.0739. The van der Waals surface area contributed by atoms with Gasteiger partial charge in [-0.2, -0.15) is 0 Å². The molecule has 1 fully saturated rings. The average molecular weight is 323 g/mol. The summed E-state index contributed by atoms with van der Waals surface area (Å²) in [7, 11) is 0. The number of hydrogen-bond acceptors (Lipinski definition) is 2. The van der Waals surface area contributed by atoms with Crippen molar-refractivity contribution in [2.45, 2.75) is 38.3 Å². The van der Waals surface area contributed by atoms with Crippen LogP contribution >= 0.6 is 0 Å². The zero-order chi connectivity index (χ0) is 16.8. The van der Waals surface area contributed by atoms with Crippen molar-refractivity contribution in [2.24, 2.45) is 0 Å². The summed E-state index contributed by atoms with van der Waals surface area (Å²) >= 11 is 0. The summed E-state index contributed by atoms with van der Waals surface area (Å²) in [6.45, 7) is 3.60. The smallest absolute Gasteiger partial charge is 0.223 e. The molecule has 0 aliphatic carbocycles. The lowest BCUT2D eigenvalue weighted by Gasteiger charge is -2.35. The van der Waals surface area contributed by atoms with Gasteiger partial charge in [0.25, 0.3) is 0 Å². The molecular weight excluding hydrogens is 298 g/mol. The first kappa shape index (κ1) is 16.7. The Morgan fingerprint density at radius 1 is 1.00 bits per heavy atom. The van der Waals surface area contributed by atoms with Crippen LogP contribution < -0.4 is 0 Å². The Hall–Kier alpha value is -2.13. The van der Waals surface area contributed by atoms with E-state index in [1.54, 1.807) is 0 Å². The second-order valence-corrected chi connectivity index (χ2v) is 6.25. The number of ether oxygens (including phenoxy) is 1. The number of hydrogen-bond donors (Lipinski definition) is 0. The van der Waals surface area contributed by atoms with Crippen molar-refractivity contribution in [2.75, 3.05) is 13.2 Å². The Labute approximate surface area is 144 Å². The summed E-state index contributed by atoms with van der Waals surface area (Å²) in [5.41, 5.74) is 2.26. The first-order valence-electron chi connectivity index (χ1n) is 8.82.